The van der Waals surface area contributed by atoms with Crippen LogP contribution in [-0.2, 0) is 0 Å². The monoisotopic (exact) mass is 202 g/mol. The summed E-state index contributed by atoms with van der Waals surface area (Å²) in [6.45, 7) is 6.49. The molecule has 0 aliphatic heterocycles. The van der Waals surface area contributed by atoms with E-state index in [9.17, 15) is 4.79 Å². The van der Waals surface area contributed by atoms with Crippen molar-refractivity contribution < 1.29 is 4.79 Å². The lowest BCUT2D eigenvalue weighted by atomic mass is 9.95. The van der Waals surface area contributed by atoms with Crippen molar-refractivity contribution in [1.82, 2.24) is 0 Å². The van der Waals surface area contributed by atoms with E-state index in [2.05, 4.69) is 39.0 Å². The summed E-state index contributed by atoms with van der Waals surface area (Å²) in [5, 5.41) is 0. The van der Waals surface area contributed by atoms with Gasteiger partial charge in [-0.25, -0.2) is 0 Å². The Bertz CT molecular complexity index is 390. The molecule has 2 rings (SSSR count). The number of benzene rings is 1. The van der Waals surface area contributed by atoms with Crippen LogP contribution in [-0.4, -0.2) is 5.78 Å². The molecular weight excluding hydrogens is 184 g/mol. The first kappa shape index (κ1) is 10.4. The first-order valence-electron chi connectivity index (χ1n) is 5.80. The average Bonchev–Trinajstić information content (AvgIpc) is 2.55. The minimum atomic E-state index is 0.333. The predicted molar refractivity (Wildman–Crippen MR) is 62.5 cm³/mol. The summed E-state index contributed by atoms with van der Waals surface area (Å²) in [4.78, 5) is 11.8. The molecular formula is C14H18O. The van der Waals surface area contributed by atoms with E-state index in [1.165, 1.54) is 11.1 Å². The van der Waals surface area contributed by atoms with Crippen molar-refractivity contribution in [1.29, 1.82) is 0 Å². The molecule has 15 heavy (non-hydrogen) atoms. The van der Waals surface area contributed by atoms with Crippen LogP contribution in [0.1, 0.15) is 66.9 Å². The third-order valence-electron chi connectivity index (χ3n) is 3.41. The quantitative estimate of drug-likeness (QED) is 0.711. The molecule has 0 saturated heterocycles. The summed E-state index contributed by atoms with van der Waals surface area (Å²) in [7, 11) is 0. The van der Waals surface area contributed by atoms with Crippen LogP contribution >= 0.6 is 0 Å². The molecule has 0 N–H and O–H groups in total. The second-order valence-electron chi connectivity index (χ2n) is 4.73. The van der Waals surface area contributed by atoms with Crippen molar-refractivity contribution >= 4 is 5.78 Å². The molecule has 80 valence electrons. The Balaban J connectivity index is 2.45. The Morgan fingerprint density at radius 3 is 2.73 bits per heavy atom. The Morgan fingerprint density at radius 1 is 1.40 bits per heavy atom. The largest absolute Gasteiger partial charge is 0.294 e. The highest BCUT2D eigenvalue weighted by Crippen LogP contribution is 2.36. The van der Waals surface area contributed by atoms with Gasteiger partial charge in [0.1, 0.15) is 0 Å². The molecule has 0 radical (unpaired) electrons. The van der Waals surface area contributed by atoms with Gasteiger partial charge in [-0.15, -0.1) is 0 Å². The summed E-state index contributed by atoms with van der Waals surface area (Å²) < 4.78 is 0. The van der Waals surface area contributed by atoms with E-state index >= 15 is 0 Å². The third-order valence-corrected chi connectivity index (χ3v) is 3.41. The highest BCUT2D eigenvalue weighted by Gasteiger charge is 2.28. The topological polar surface area (TPSA) is 17.1 Å². The van der Waals surface area contributed by atoms with Crippen LogP contribution in [0, 0.1) is 0 Å². The Kier molecular flexibility index (Phi) is 2.64. The van der Waals surface area contributed by atoms with E-state index in [0.29, 0.717) is 24.0 Å². The summed E-state index contributed by atoms with van der Waals surface area (Å²) in [6, 6.07) is 6.42. The molecule has 1 unspecified atom stereocenters. The van der Waals surface area contributed by atoms with Crippen molar-refractivity contribution in [2.75, 3.05) is 0 Å². The summed E-state index contributed by atoms with van der Waals surface area (Å²) in [5.41, 5.74) is 3.53. The fourth-order valence-electron chi connectivity index (χ4n) is 2.34. The van der Waals surface area contributed by atoms with Gasteiger partial charge in [-0.2, -0.15) is 0 Å². The number of hydrogen-bond acceptors (Lipinski definition) is 1. The van der Waals surface area contributed by atoms with Crippen LogP contribution in [0.4, 0.5) is 0 Å². The number of ketones is 1. The van der Waals surface area contributed by atoms with E-state index in [1.807, 2.05) is 0 Å². The van der Waals surface area contributed by atoms with Crippen LogP contribution < -0.4 is 0 Å². The van der Waals surface area contributed by atoms with Gasteiger partial charge in [0, 0.05) is 12.0 Å². The lowest BCUT2D eigenvalue weighted by Gasteiger charge is -2.10. The number of carbonyl (C=O) groups is 1. The molecule has 0 spiro atoms. The van der Waals surface area contributed by atoms with Crippen LogP contribution in [0.5, 0.6) is 0 Å². The number of hydrogen-bond donors (Lipinski definition) is 0. The fraction of sp³-hybridized carbons (Fsp3) is 0.500. The maximum absolute atomic E-state index is 11.8. The van der Waals surface area contributed by atoms with E-state index < -0.39 is 0 Å². The summed E-state index contributed by atoms with van der Waals surface area (Å²) >= 11 is 0. The molecule has 0 aromatic heterocycles. The molecule has 0 fully saturated rings. The number of fused-ring (bicyclic) bond motifs is 1. The standard InChI is InChI=1S/C14H18O/c1-4-10-8-14(15)13-7-11(9(2)3)5-6-12(10)13/h5-7,9-10H,4,8H2,1-3H3. The molecule has 1 atom stereocenters. The molecule has 1 heteroatoms. The zero-order chi connectivity index (χ0) is 11.0. The van der Waals surface area contributed by atoms with E-state index in [4.69, 9.17) is 0 Å². The maximum atomic E-state index is 11.8. The summed E-state index contributed by atoms with van der Waals surface area (Å²) in [6.07, 6.45) is 1.78. The maximum Gasteiger partial charge on any atom is 0.163 e. The van der Waals surface area contributed by atoms with Crippen molar-refractivity contribution in [3.8, 4) is 0 Å². The highest BCUT2D eigenvalue weighted by molar-refractivity contribution is 6.01. The second kappa shape index (κ2) is 3.80. The van der Waals surface area contributed by atoms with Gasteiger partial charge in [-0.05, 0) is 35.4 Å². The van der Waals surface area contributed by atoms with Gasteiger partial charge in [0.15, 0.2) is 5.78 Å². The van der Waals surface area contributed by atoms with Gasteiger partial charge in [-0.1, -0.05) is 32.9 Å². The smallest absolute Gasteiger partial charge is 0.163 e. The van der Waals surface area contributed by atoms with Gasteiger partial charge in [-0.3, -0.25) is 4.79 Å². The van der Waals surface area contributed by atoms with Crippen LogP contribution in [0.2, 0.25) is 0 Å². The average molecular weight is 202 g/mol. The first-order chi connectivity index (χ1) is 7.13. The van der Waals surface area contributed by atoms with Crippen LogP contribution in [0.25, 0.3) is 0 Å². The Labute approximate surface area is 91.5 Å². The number of carbonyl (C=O) groups excluding carboxylic acids is 1. The number of Topliss-reactive ketones (excluding diaryl/α,β-unsaturated/α-hetero) is 1. The molecule has 1 aliphatic rings. The van der Waals surface area contributed by atoms with Crippen molar-refractivity contribution in [2.45, 2.75) is 45.4 Å². The predicted octanol–water partition coefficient (Wildman–Crippen LogP) is 3.89. The first-order valence-corrected chi connectivity index (χ1v) is 5.80. The van der Waals surface area contributed by atoms with Gasteiger partial charge in [0.05, 0.1) is 0 Å². The SMILES string of the molecule is CCC1CC(=O)c2cc(C(C)C)ccc21. The summed E-state index contributed by atoms with van der Waals surface area (Å²) in [5.74, 6) is 1.30. The Hall–Kier alpha value is -1.11. The lowest BCUT2D eigenvalue weighted by Crippen LogP contribution is -1.95. The third kappa shape index (κ3) is 1.71. The molecule has 1 aromatic carbocycles. The zero-order valence-electron chi connectivity index (χ0n) is 9.71. The minimum Gasteiger partial charge on any atom is -0.294 e. The lowest BCUT2D eigenvalue weighted by molar-refractivity contribution is 0.0988. The zero-order valence-corrected chi connectivity index (χ0v) is 9.71. The van der Waals surface area contributed by atoms with Crippen molar-refractivity contribution in [3.05, 3.63) is 34.9 Å². The highest BCUT2D eigenvalue weighted by atomic mass is 16.1. The fourth-order valence-corrected chi connectivity index (χ4v) is 2.34. The minimum absolute atomic E-state index is 0.333. The van der Waals surface area contributed by atoms with E-state index in [0.717, 1.165) is 12.0 Å². The van der Waals surface area contributed by atoms with Crippen LogP contribution in [0.15, 0.2) is 18.2 Å². The Morgan fingerprint density at radius 2 is 2.13 bits per heavy atom. The molecule has 0 heterocycles. The van der Waals surface area contributed by atoms with Gasteiger partial charge in [0.2, 0.25) is 0 Å². The molecule has 1 aromatic rings. The molecule has 0 bridgehead atoms. The van der Waals surface area contributed by atoms with Gasteiger partial charge in [0.25, 0.3) is 0 Å². The van der Waals surface area contributed by atoms with E-state index in [-0.39, 0.29) is 0 Å². The molecule has 1 nitrogen and oxygen atoms in total. The molecule has 0 amide bonds. The normalized spacial score (nSPS) is 19.7. The molecule has 0 saturated carbocycles. The van der Waals surface area contributed by atoms with Crippen molar-refractivity contribution in [2.24, 2.45) is 0 Å². The van der Waals surface area contributed by atoms with Crippen LogP contribution in [0.3, 0.4) is 0 Å². The molecule has 1 aliphatic carbocycles. The number of rotatable bonds is 2. The van der Waals surface area contributed by atoms with Gasteiger partial charge >= 0.3 is 0 Å². The van der Waals surface area contributed by atoms with Crippen molar-refractivity contribution in [3.63, 3.8) is 0 Å². The van der Waals surface area contributed by atoms with Gasteiger partial charge < -0.3 is 0 Å². The second-order valence-corrected chi connectivity index (χ2v) is 4.73. The van der Waals surface area contributed by atoms with E-state index in [1.54, 1.807) is 0 Å².